The van der Waals surface area contributed by atoms with Gasteiger partial charge in [0.15, 0.2) is 8.77 Å². The number of fused-ring (bicyclic) bond motifs is 1. The molecule has 0 aliphatic heterocycles. The van der Waals surface area contributed by atoms with Crippen LogP contribution in [-0.2, 0) is 20.0 Å². The molecule has 1 unspecified atom stereocenters. The van der Waals surface area contributed by atoms with Crippen molar-refractivity contribution in [1.82, 2.24) is 4.98 Å². The lowest BCUT2D eigenvalue weighted by molar-refractivity contribution is 0.562. The second kappa shape index (κ2) is 4.64. The van der Waals surface area contributed by atoms with Crippen LogP contribution in [0.4, 0.5) is 0 Å². The third kappa shape index (κ3) is 2.40. The van der Waals surface area contributed by atoms with E-state index in [1.807, 2.05) is 30.3 Å². The molecule has 96 valence electrons. The van der Waals surface area contributed by atoms with Crippen LogP contribution < -0.4 is 0 Å². The molecule has 0 saturated heterocycles. The standard InChI is InChI=1S/C13H9NO2S3/c15-19(16,17)12-8-4-1-5-9(12)13-14-10-6-2-3-7-11(10)18-13/h1-8H,(H,15,16,17). The molecule has 0 bridgehead atoms. The Labute approximate surface area is 119 Å². The van der Waals surface area contributed by atoms with Crippen molar-refractivity contribution in [3.05, 3.63) is 48.5 Å². The van der Waals surface area contributed by atoms with Crippen molar-refractivity contribution >= 4 is 41.5 Å². The molecule has 0 fully saturated rings. The Morgan fingerprint density at radius 3 is 2.53 bits per heavy atom. The number of nitrogens with zero attached hydrogens (tertiary/aromatic N) is 1. The summed E-state index contributed by atoms with van der Waals surface area (Å²) in [5.41, 5.74) is 1.51. The maximum absolute atomic E-state index is 11.7. The van der Waals surface area contributed by atoms with Crippen LogP contribution in [0.1, 0.15) is 0 Å². The van der Waals surface area contributed by atoms with Crippen LogP contribution >= 0.6 is 11.3 Å². The predicted molar refractivity (Wildman–Crippen MR) is 81.5 cm³/mol. The van der Waals surface area contributed by atoms with Crippen LogP contribution in [0.5, 0.6) is 0 Å². The maximum atomic E-state index is 11.7. The van der Waals surface area contributed by atoms with E-state index in [1.165, 1.54) is 11.3 Å². The summed E-state index contributed by atoms with van der Waals surface area (Å²) >= 11 is 6.17. The molecule has 1 heterocycles. The highest BCUT2D eigenvalue weighted by Gasteiger charge is 2.15. The third-order valence-electron chi connectivity index (χ3n) is 2.69. The molecule has 1 aromatic heterocycles. The van der Waals surface area contributed by atoms with E-state index >= 15 is 0 Å². The minimum atomic E-state index is -3.42. The summed E-state index contributed by atoms with van der Waals surface area (Å²) in [7, 11) is -3.42. The topological polar surface area (TPSA) is 50.2 Å². The van der Waals surface area contributed by atoms with E-state index in [4.69, 9.17) is 0 Å². The van der Waals surface area contributed by atoms with Gasteiger partial charge in [-0.15, -0.1) is 11.3 Å². The monoisotopic (exact) mass is 307 g/mol. The number of benzene rings is 2. The summed E-state index contributed by atoms with van der Waals surface area (Å²) in [5.74, 6) is 0. The largest absolute Gasteiger partial charge is 0.302 e. The molecule has 0 saturated carbocycles. The van der Waals surface area contributed by atoms with Crippen molar-refractivity contribution in [3.8, 4) is 10.6 Å². The molecule has 0 amide bonds. The van der Waals surface area contributed by atoms with E-state index in [2.05, 4.69) is 16.2 Å². The molecule has 1 atom stereocenters. The van der Waals surface area contributed by atoms with Gasteiger partial charge in [0.25, 0.3) is 0 Å². The quantitative estimate of drug-likeness (QED) is 0.787. The highest BCUT2D eigenvalue weighted by Crippen LogP contribution is 2.33. The van der Waals surface area contributed by atoms with Gasteiger partial charge in [-0.05, 0) is 18.2 Å². The first-order chi connectivity index (χ1) is 9.05. The molecule has 0 radical (unpaired) electrons. The molecular weight excluding hydrogens is 298 g/mol. The highest BCUT2D eigenvalue weighted by molar-refractivity contribution is 8.29. The molecule has 1 N–H and O–H groups in total. The Balaban J connectivity index is 2.27. The molecule has 0 aliphatic rings. The van der Waals surface area contributed by atoms with Gasteiger partial charge < -0.3 is 4.55 Å². The molecule has 3 nitrogen and oxygen atoms in total. The van der Waals surface area contributed by atoms with Crippen LogP contribution in [0.2, 0.25) is 0 Å². The van der Waals surface area contributed by atoms with Crippen molar-refractivity contribution in [1.29, 1.82) is 0 Å². The maximum Gasteiger partial charge on any atom is 0.171 e. The van der Waals surface area contributed by atoms with Gasteiger partial charge in [0.05, 0.1) is 15.1 Å². The number of para-hydroxylation sites is 1. The lowest BCUT2D eigenvalue weighted by atomic mass is 10.2. The van der Waals surface area contributed by atoms with Crippen molar-refractivity contribution in [2.75, 3.05) is 0 Å². The Morgan fingerprint density at radius 2 is 1.79 bits per heavy atom. The van der Waals surface area contributed by atoms with Gasteiger partial charge in [0.1, 0.15) is 5.01 Å². The van der Waals surface area contributed by atoms with Gasteiger partial charge in [-0.25, -0.2) is 9.19 Å². The van der Waals surface area contributed by atoms with Crippen LogP contribution in [-0.4, -0.2) is 13.7 Å². The molecule has 0 aliphatic carbocycles. The van der Waals surface area contributed by atoms with Gasteiger partial charge in [-0.2, -0.15) is 0 Å². The van der Waals surface area contributed by atoms with E-state index in [0.29, 0.717) is 10.6 Å². The van der Waals surface area contributed by atoms with Crippen molar-refractivity contribution < 1.29 is 8.76 Å². The summed E-state index contributed by atoms with van der Waals surface area (Å²) in [4.78, 5) is 4.75. The minimum absolute atomic E-state index is 0.254. The van der Waals surface area contributed by atoms with E-state index in [-0.39, 0.29) is 4.90 Å². The molecule has 3 aromatic rings. The Bertz CT molecular complexity index is 820. The average Bonchev–Trinajstić information content (AvgIpc) is 2.81. The summed E-state index contributed by atoms with van der Waals surface area (Å²) in [6.45, 7) is 0. The first-order valence-electron chi connectivity index (χ1n) is 5.48. The fourth-order valence-electron chi connectivity index (χ4n) is 1.86. The van der Waals surface area contributed by atoms with Crippen LogP contribution in [0.15, 0.2) is 53.4 Å². The third-order valence-corrected chi connectivity index (χ3v) is 5.21. The Kier molecular flexibility index (Phi) is 3.10. The summed E-state index contributed by atoms with van der Waals surface area (Å²) in [5, 5.41) is 0.712. The summed E-state index contributed by atoms with van der Waals surface area (Å²) in [6.07, 6.45) is 0. The zero-order valence-corrected chi connectivity index (χ0v) is 12.1. The van der Waals surface area contributed by atoms with Crippen LogP contribution in [0.25, 0.3) is 20.8 Å². The van der Waals surface area contributed by atoms with Crippen LogP contribution in [0, 0.1) is 0 Å². The normalized spacial score (nSPS) is 14.4. The number of hydrogen-bond donors (Lipinski definition) is 1. The van der Waals surface area contributed by atoms with Gasteiger partial charge in [0.2, 0.25) is 0 Å². The highest BCUT2D eigenvalue weighted by atomic mass is 32.8. The molecular formula is C13H9NO2S3. The average molecular weight is 307 g/mol. The molecule has 2 aromatic carbocycles. The van der Waals surface area contributed by atoms with E-state index in [0.717, 1.165) is 10.2 Å². The second-order valence-corrected chi connectivity index (χ2v) is 7.73. The summed E-state index contributed by atoms with van der Waals surface area (Å²) < 4.78 is 22.4. The lowest BCUT2D eigenvalue weighted by Gasteiger charge is -2.05. The number of aromatic nitrogens is 1. The van der Waals surface area contributed by atoms with Gasteiger partial charge in [-0.3, -0.25) is 0 Å². The predicted octanol–water partition coefficient (Wildman–Crippen LogP) is 3.54. The number of thiazole rings is 1. The van der Waals surface area contributed by atoms with E-state index < -0.39 is 8.77 Å². The Morgan fingerprint density at radius 1 is 1.11 bits per heavy atom. The van der Waals surface area contributed by atoms with Gasteiger partial charge in [-0.1, -0.05) is 30.3 Å². The molecule has 0 spiro atoms. The van der Waals surface area contributed by atoms with Crippen molar-refractivity contribution in [3.63, 3.8) is 0 Å². The first-order valence-corrected chi connectivity index (χ1v) is 8.74. The van der Waals surface area contributed by atoms with Crippen molar-refractivity contribution in [2.45, 2.75) is 4.90 Å². The van der Waals surface area contributed by atoms with Gasteiger partial charge in [0, 0.05) is 16.8 Å². The smallest absolute Gasteiger partial charge is 0.171 e. The fourth-order valence-corrected chi connectivity index (χ4v) is 4.05. The molecule has 3 rings (SSSR count). The second-order valence-electron chi connectivity index (χ2n) is 3.96. The van der Waals surface area contributed by atoms with Crippen molar-refractivity contribution in [2.24, 2.45) is 0 Å². The number of hydrogen-bond acceptors (Lipinski definition) is 4. The zero-order valence-electron chi connectivity index (χ0n) is 9.65. The molecule has 19 heavy (non-hydrogen) atoms. The number of rotatable bonds is 2. The van der Waals surface area contributed by atoms with Crippen LogP contribution in [0.3, 0.4) is 0 Å². The zero-order chi connectivity index (χ0) is 13.5. The SMILES string of the molecule is O=S(O)(=S)c1ccccc1-c1nc2ccccc2s1. The minimum Gasteiger partial charge on any atom is -0.302 e. The van der Waals surface area contributed by atoms with E-state index in [1.54, 1.807) is 18.2 Å². The first kappa shape index (κ1) is 12.7. The Hall–Kier alpha value is -1.34. The van der Waals surface area contributed by atoms with E-state index in [9.17, 15) is 8.76 Å². The fraction of sp³-hybridized carbons (Fsp3) is 0. The van der Waals surface area contributed by atoms with Gasteiger partial charge >= 0.3 is 0 Å². The summed E-state index contributed by atoms with van der Waals surface area (Å²) in [6, 6.07) is 14.6. The lowest BCUT2D eigenvalue weighted by Crippen LogP contribution is -1.98. The molecule has 6 heteroatoms.